The van der Waals surface area contributed by atoms with Gasteiger partial charge in [-0.3, -0.25) is 4.98 Å². The van der Waals surface area contributed by atoms with Crippen LogP contribution in [-0.4, -0.2) is 16.5 Å². The highest BCUT2D eigenvalue weighted by Gasteiger charge is 2.11. The topological polar surface area (TPSA) is 47.0 Å². The van der Waals surface area contributed by atoms with Crippen LogP contribution in [0.15, 0.2) is 29.0 Å². The van der Waals surface area contributed by atoms with E-state index < -0.39 is 11.6 Å². The minimum atomic E-state index is -0.769. The van der Waals surface area contributed by atoms with Crippen molar-refractivity contribution in [2.24, 2.45) is 0 Å². The van der Waals surface area contributed by atoms with Crippen LogP contribution in [0.5, 0.6) is 5.75 Å². The summed E-state index contributed by atoms with van der Waals surface area (Å²) in [7, 11) is 0. The zero-order chi connectivity index (χ0) is 14.5. The molecule has 0 aliphatic rings. The zero-order valence-corrected chi connectivity index (χ0v) is 12.2. The van der Waals surface area contributed by atoms with Crippen molar-refractivity contribution in [2.45, 2.75) is 13.5 Å². The summed E-state index contributed by atoms with van der Waals surface area (Å²) in [4.78, 5) is 8.25. The summed E-state index contributed by atoms with van der Waals surface area (Å²) in [6.07, 6.45) is 3.10. The smallest absolute Gasteiger partial charge is 0.169 e. The summed E-state index contributed by atoms with van der Waals surface area (Å²) in [6.45, 7) is 2.74. The fraction of sp³-hybridized carbons (Fsp3) is 0.231. The molecule has 1 aromatic heterocycles. The third-order valence-corrected chi connectivity index (χ3v) is 2.98. The van der Waals surface area contributed by atoms with Crippen LogP contribution in [-0.2, 0) is 6.61 Å². The van der Waals surface area contributed by atoms with Crippen LogP contribution in [0.25, 0.3) is 0 Å². The molecule has 0 spiro atoms. The molecule has 20 heavy (non-hydrogen) atoms. The number of hydrogen-bond acceptors (Lipinski definition) is 4. The maximum atomic E-state index is 13.5. The molecule has 0 atom stereocenters. The Balaban J connectivity index is 2.05. The van der Waals surface area contributed by atoms with Crippen LogP contribution in [0, 0.1) is 11.6 Å². The third-order valence-electron chi connectivity index (χ3n) is 2.39. The maximum absolute atomic E-state index is 13.5. The standard InChI is InChI=1S/C13H12BrF2N3O/c1-2-17-12-6-18-9(5-19-12)7-20-13-10(14)3-8(15)4-11(13)16/h3-6H,2,7H2,1H3,(H,17,19). The van der Waals surface area contributed by atoms with Gasteiger partial charge < -0.3 is 10.1 Å². The summed E-state index contributed by atoms with van der Waals surface area (Å²) in [6, 6.07) is 1.90. The molecule has 0 radical (unpaired) electrons. The van der Waals surface area contributed by atoms with Crippen molar-refractivity contribution in [3.63, 3.8) is 0 Å². The number of nitrogens with one attached hydrogen (secondary N) is 1. The fourth-order valence-electron chi connectivity index (χ4n) is 1.51. The lowest BCUT2D eigenvalue weighted by atomic mass is 10.3. The van der Waals surface area contributed by atoms with E-state index in [9.17, 15) is 8.78 Å². The van der Waals surface area contributed by atoms with E-state index in [2.05, 4.69) is 31.2 Å². The van der Waals surface area contributed by atoms with E-state index >= 15 is 0 Å². The van der Waals surface area contributed by atoms with Crippen LogP contribution in [0.3, 0.4) is 0 Å². The molecule has 0 aliphatic heterocycles. The van der Waals surface area contributed by atoms with E-state index in [1.807, 2.05) is 6.92 Å². The van der Waals surface area contributed by atoms with Gasteiger partial charge in [-0.05, 0) is 28.9 Å². The van der Waals surface area contributed by atoms with Crippen molar-refractivity contribution < 1.29 is 13.5 Å². The number of rotatable bonds is 5. The van der Waals surface area contributed by atoms with E-state index in [-0.39, 0.29) is 16.8 Å². The van der Waals surface area contributed by atoms with E-state index in [0.29, 0.717) is 11.5 Å². The van der Waals surface area contributed by atoms with Gasteiger partial charge in [0.25, 0.3) is 0 Å². The maximum Gasteiger partial charge on any atom is 0.169 e. The lowest BCUT2D eigenvalue weighted by Crippen LogP contribution is -2.04. The third kappa shape index (κ3) is 3.63. The quantitative estimate of drug-likeness (QED) is 0.902. The number of ether oxygens (including phenoxy) is 1. The first kappa shape index (κ1) is 14.6. The highest BCUT2D eigenvalue weighted by atomic mass is 79.9. The van der Waals surface area contributed by atoms with Crippen LogP contribution in [0.2, 0.25) is 0 Å². The lowest BCUT2D eigenvalue weighted by Gasteiger charge is -2.09. The van der Waals surface area contributed by atoms with Gasteiger partial charge in [0.15, 0.2) is 11.6 Å². The molecule has 4 nitrogen and oxygen atoms in total. The second-order valence-corrected chi connectivity index (χ2v) is 4.76. The van der Waals surface area contributed by atoms with Crippen LogP contribution in [0.1, 0.15) is 12.6 Å². The highest BCUT2D eigenvalue weighted by Crippen LogP contribution is 2.29. The molecular weight excluding hydrogens is 332 g/mol. The van der Waals surface area contributed by atoms with Crippen LogP contribution >= 0.6 is 15.9 Å². The number of benzene rings is 1. The van der Waals surface area contributed by atoms with E-state index in [4.69, 9.17) is 4.74 Å². The largest absolute Gasteiger partial charge is 0.483 e. The van der Waals surface area contributed by atoms with Gasteiger partial charge in [0.1, 0.15) is 18.2 Å². The Kier molecular flexibility index (Phi) is 4.84. The Morgan fingerprint density at radius 2 is 2.05 bits per heavy atom. The number of nitrogens with zero attached hydrogens (tertiary/aromatic N) is 2. The minimum Gasteiger partial charge on any atom is -0.483 e. The molecule has 1 N–H and O–H groups in total. The van der Waals surface area contributed by atoms with Gasteiger partial charge in [-0.15, -0.1) is 0 Å². The second kappa shape index (κ2) is 6.60. The average molecular weight is 344 g/mol. The molecule has 0 unspecified atom stereocenters. The average Bonchev–Trinajstić information content (AvgIpc) is 2.39. The first-order valence-corrected chi connectivity index (χ1v) is 6.71. The first-order valence-electron chi connectivity index (χ1n) is 5.92. The van der Waals surface area contributed by atoms with Crippen molar-refractivity contribution >= 4 is 21.7 Å². The van der Waals surface area contributed by atoms with Gasteiger partial charge in [0.05, 0.1) is 22.6 Å². The molecular formula is C13H12BrF2N3O. The Bertz CT molecular complexity index is 570. The predicted molar refractivity (Wildman–Crippen MR) is 74.6 cm³/mol. The molecule has 2 rings (SSSR count). The second-order valence-electron chi connectivity index (χ2n) is 3.91. The van der Waals surface area contributed by atoms with Crippen molar-refractivity contribution in [1.82, 2.24) is 9.97 Å². The molecule has 0 amide bonds. The Hall–Kier alpha value is -1.76. The van der Waals surface area contributed by atoms with Crippen molar-refractivity contribution in [3.05, 3.63) is 46.3 Å². The summed E-state index contributed by atoms with van der Waals surface area (Å²) in [5, 5.41) is 3.01. The number of anilines is 1. The van der Waals surface area contributed by atoms with Crippen LogP contribution < -0.4 is 10.1 Å². The molecule has 0 fully saturated rings. The molecule has 7 heteroatoms. The molecule has 0 saturated heterocycles. The Morgan fingerprint density at radius 3 is 2.65 bits per heavy atom. The van der Waals surface area contributed by atoms with Crippen molar-refractivity contribution in [1.29, 1.82) is 0 Å². The minimum absolute atomic E-state index is 0.0422. The molecule has 0 aliphatic carbocycles. The van der Waals surface area contributed by atoms with Gasteiger partial charge in [0.2, 0.25) is 0 Å². The molecule has 0 bridgehead atoms. The first-order chi connectivity index (χ1) is 9.60. The summed E-state index contributed by atoms with van der Waals surface area (Å²) >= 11 is 3.05. The normalized spacial score (nSPS) is 10.4. The highest BCUT2D eigenvalue weighted by molar-refractivity contribution is 9.10. The number of aromatic nitrogens is 2. The van der Waals surface area contributed by atoms with E-state index in [0.717, 1.165) is 18.7 Å². The molecule has 106 valence electrons. The molecule has 1 aromatic carbocycles. The summed E-state index contributed by atoms with van der Waals surface area (Å²) in [5.41, 5.74) is 0.544. The molecule has 0 saturated carbocycles. The summed E-state index contributed by atoms with van der Waals surface area (Å²) < 4.78 is 32.0. The van der Waals surface area contributed by atoms with E-state index in [1.54, 1.807) is 6.20 Å². The van der Waals surface area contributed by atoms with Gasteiger partial charge >= 0.3 is 0 Å². The molecule has 2 aromatic rings. The van der Waals surface area contributed by atoms with Gasteiger partial charge in [-0.1, -0.05) is 0 Å². The van der Waals surface area contributed by atoms with Crippen LogP contribution in [0.4, 0.5) is 14.6 Å². The Labute approximate surface area is 123 Å². The van der Waals surface area contributed by atoms with Gasteiger partial charge in [-0.25, -0.2) is 13.8 Å². The monoisotopic (exact) mass is 343 g/mol. The van der Waals surface area contributed by atoms with Crippen molar-refractivity contribution in [3.8, 4) is 5.75 Å². The SMILES string of the molecule is CCNc1cnc(COc2c(F)cc(F)cc2Br)cn1. The predicted octanol–water partition coefficient (Wildman–Crippen LogP) is 3.53. The summed E-state index contributed by atoms with van der Waals surface area (Å²) in [5.74, 6) is -0.833. The molecule has 1 heterocycles. The zero-order valence-electron chi connectivity index (χ0n) is 10.7. The number of hydrogen-bond donors (Lipinski definition) is 1. The van der Waals surface area contributed by atoms with Gasteiger partial charge in [-0.2, -0.15) is 0 Å². The number of halogens is 3. The fourth-order valence-corrected chi connectivity index (χ4v) is 2.04. The lowest BCUT2D eigenvalue weighted by molar-refractivity contribution is 0.282. The van der Waals surface area contributed by atoms with Crippen molar-refractivity contribution in [2.75, 3.05) is 11.9 Å². The van der Waals surface area contributed by atoms with Gasteiger partial charge in [0, 0.05) is 12.6 Å². The Morgan fingerprint density at radius 1 is 1.25 bits per heavy atom. The van der Waals surface area contributed by atoms with E-state index in [1.165, 1.54) is 6.20 Å².